The lowest BCUT2D eigenvalue weighted by molar-refractivity contribution is -0.255. The van der Waals surface area contributed by atoms with Crippen LogP contribution in [-0.4, -0.2) is 5.97 Å². The van der Waals surface area contributed by atoms with Gasteiger partial charge in [-0.05, 0) is 78.3 Å². The van der Waals surface area contributed by atoms with E-state index in [-0.39, 0.29) is 23.4 Å². The van der Waals surface area contributed by atoms with Crippen LogP contribution in [0, 0.1) is 29.4 Å². The predicted octanol–water partition coefficient (Wildman–Crippen LogP) is 4.28. The monoisotopic (exact) mass is 388 g/mol. The Morgan fingerprint density at radius 1 is 1.11 bits per heavy atom. The van der Waals surface area contributed by atoms with Gasteiger partial charge in [-0.3, -0.25) is 0 Å². The van der Waals surface area contributed by atoms with Gasteiger partial charge in [0.05, 0.1) is 12.0 Å². The van der Waals surface area contributed by atoms with E-state index in [9.17, 15) is 18.7 Å². The maximum absolute atomic E-state index is 13.9. The van der Waals surface area contributed by atoms with Gasteiger partial charge in [-0.15, -0.1) is 0 Å². The molecular weight excluding hydrogens is 372 g/mol. The number of carboxylic acids is 1. The van der Waals surface area contributed by atoms with Crippen molar-refractivity contribution in [3.8, 4) is 0 Å². The number of halogens is 3. The van der Waals surface area contributed by atoms with Gasteiger partial charge < -0.3 is 15.2 Å². The highest BCUT2D eigenvalue weighted by atomic mass is 35.5. The molecule has 0 saturated heterocycles. The number of fused-ring (bicyclic) bond motifs is 7. The summed E-state index contributed by atoms with van der Waals surface area (Å²) in [6.45, 7) is 0. The second-order valence-corrected chi connectivity index (χ2v) is 8.37. The molecule has 5 atom stereocenters. The van der Waals surface area contributed by atoms with Gasteiger partial charge in [0.1, 0.15) is 0 Å². The zero-order valence-corrected chi connectivity index (χ0v) is 15.1. The molecule has 2 saturated carbocycles. The van der Waals surface area contributed by atoms with E-state index < -0.39 is 17.6 Å². The molecule has 2 aliphatic carbocycles. The zero-order chi connectivity index (χ0) is 18.9. The lowest BCUT2D eigenvalue weighted by Crippen LogP contribution is -2.37. The van der Waals surface area contributed by atoms with Crippen LogP contribution in [0.1, 0.15) is 52.7 Å². The molecule has 0 radical (unpaired) electrons. The summed E-state index contributed by atoms with van der Waals surface area (Å²) in [7, 11) is 0. The van der Waals surface area contributed by atoms with Gasteiger partial charge in [0.25, 0.3) is 0 Å². The minimum absolute atomic E-state index is 0.0586. The van der Waals surface area contributed by atoms with Crippen molar-refractivity contribution in [2.24, 2.45) is 17.8 Å². The fraction of sp³-hybridized carbons (Fsp3) is 0.381. The van der Waals surface area contributed by atoms with E-state index in [1.54, 1.807) is 12.1 Å². The Morgan fingerprint density at radius 3 is 2.63 bits per heavy atom. The van der Waals surface area contributed by atoms with Crippen LogP contribution >= 0.6 is 11.6 Å². The summed E-state index contributed by atoms with van der Waals surface area (Å²) >= 11 is 6.15. The Hall–Kier alpha value is -2.14. The van der Waals surface area contributed by atoms with Gasteiger partial charge >= 0.3 is 0 Å². The molecule has 1 heterocycles. The quantitative estimate of drug-likeness (QED) is 0.835. The van der Waals surface area contributed by atoms with Crippen LogP contribution < -0.4 is 10.4 Å². The predicted molar refractivity (Wildman–Crippen MR) is 95.6 cm³/mol. The molecule has 2 aromatic carbocycles. The SMILES string of the molecule is O=C([O-])c1cc(Cl)cc2c1[C@H]1[C@H]3CC[C@@H](C3)[C@@H]1[C@@H](c1ccc(F)c(F)c1)N2. The third-order valence-electron chi connectivity index (χ3n) is 6.68. The van der Waals surface area contributed by atoms with Crippen LogP contribution in [0.15, 0.2) is 30.3 Å². The maximum Gasteiger partial charge on any atom is 0.159 e. The number of hydrogen-bond acceptors (Lipinski definition) is 3. The third-order valence-corrected chi connectivity index (χ3v) is 6.90. The molecule has 3 nitrogen and oxygen atoms in total. The van der Waals surface area contributed by atoms with Crippen molar-refractivity contribution in [1.29, 1.82) is 0 Å². The van der Waals surface area contributed by atoms with Gasteiger partial charge in [0.2, 0.25) is 0 Å². The van der Waals surface area contributed by atoms with Crippen LogP contribution in [0.2, 0.25) is 5.02 Å². The topological polar surface area (TPSA) is 52.2 Å². The molecule has 140 valence electrons. The number of carbonyl (C=O) groups excluding carboxylic acids is 1. The summed E-state index contributed by atoms with van der Waals surface area (Å²) < 4.78 is 27.3. The number of anilines is 1. The molecule has 1 N–H and O–H groups in total. The maximum atomic E-state index is 13.9. The molecule has 2 fully saturated rings. The van der Waals surface area contributed by atoms with E-state index in [0.717, 1.165) is 30.9 Å². The van der Waals surface area contributed by atoms with Gasteiger partial charge in [-0.1, -0.05) is 17.7 Å². The molecular formula is C21H17ClF2NO2-. The van der Waals surface area contributed by atoms with Crippen molar-refractivity contribution in [2.75, 3.05) is 5.32 Å². The van der Waals surface area contributed by atoms with Gasteiger partial charge in [-0.25, -0.2) is 8.78 Å². The molecule has 0 aromatic heterocycles. The summed E-state index contributed by atoms with van der Waals surface area (Å²) in [4.78, 5) is 11.8. The fourth-order valence-electron chi connectivity index (χ4n) is 5.78. The standard InChI is InChI=1S/C21H18ClF2NO2/c22-12-7-13(21(26)27)19-16(8-12)25-20(11-3-4-14(23)15(24)6-11)18-10-2-1-9(5-10)17(18)19/h3-4,6-10,17-18,20,25H,1-2,5H2,(H,26,27)/p-1/t9-,10-,17-,18-,20+/m0/s1. The fourth-order valence-corrected chi connectivity index (χ4v) is 6.00. The molecule has 1 aliphatic heterocycles. The molecule has 2 aromatic rings. The number of benzene rings is 2. The van der Waals surface area contributed by atoms with Gasteiger partial charge in [0, 0.05) is 16.3 Å². The van der Waals surface area contributed by atoms with Crippen LogP contribution in [0.4, 0.5) is 14.5 Å². The Labute approximate surface area is 160 Å². The van der Waals surface area contributed by atoms with E-state index in [1.165, 1.54) is 12.1 Å². The zero-order valence-electron chi connectivity index (χ0n) is 14.3. The Bertz CT molecular complexity index is 963. The molecule has 0 amide bonds. The summed E-state index contributed by atoms with van der Waals surface area (Å²) in [6, 6.07) is 6.96. The average molecular weight is 389 g/mol. The third kappa shape index (κ3) is 2.48. The van der Waals surface area contributed by atoms with Crippen molar-refractivity contribution in [2.45, 2.75) is 31.2 Å². The van der Waals surface area contributed by atoms with E-state index in [1.807, 2.05) is 0 Å². The number of nitrogens with one attached hydrogen (secondary N) is 1. The molecule has 27 heavy (non-hydrogen) atoms. The number of hydrogen-bond donors (Lipinski definition) is 1. The first-order valence-corrected chi connectivity index (χ1v) is 9.58. The first kappa shape index (κ1) is 17.0. The Kier molecular flexibility index (Phi) is 3.73. The molecule has 0 unspecified atom stereocenters. The highest BCUT2D eigenvalue weighted by molar-refractivity contribution is 6.31. The van der Waals surface area contributed by atoms with Crippen molar-refractivity contribution >= 4 is 23.3 Å². The second-order valence-electron chi connectivity index (χ2n) is 7.93. The van der Waals surface area contributed by atoms with Crippen molar-refractivity contribution in [1.82, 2.24) is 0 Å². The minimum atomic E-state index is -1.23. The highest BCUT2D eigenvalue weighted by Gasteiger charge is 2.54. The summed E-state index contributed by atoms with van der Waals surface area (Å²) in [5.41, 5.74) is 2.23. The van der Waals surface area contributed by atoms with Crippen molar-refractivity contribution in [3.63, 3.8) is 0 Å². The normalized spacial score (nSPS) is 30.6. The number of aromatic carboxylic acids is 1. The molecule has 3 aliphatic rings. The lowest BCUT2D eigenvalue weighted by atomic mass is 9.67. The lowest BCUT2D eigenvalue weighted by Gasteiger charge is -2.44. The van der Waals surface area contributed by atoms with Crippen molar-refractivity contribution in [3.05, 3.63) is 63.7 Å². The Balaban J connectivity index is 1.69. The number of rotatable bonds is 2. The molecule has 5 rings (SSSR count). The smallest absolute Gasteiger partial charge is 0.159 e. The van der Waals surface area contributed by atoms with E-state index >= 15 is 0 Å². The van der Waals surface area contributed by atoms with Gasteiger partial charge in [0.15, 0.2) is 11.6 Å². The molecule has 0 spiro atoms. The second kappa shape index (κ2) is 5.93. The van der Waals surface area contributed by atoms with E-state index in [2.05, 4.69) is 5.32 Å². The van der Waals surface area contributed by atoms with Gasteiger partial charge in [-0.2, -0.15) is 0 Å². The summed E-state index contributed by atoms with van der Waals surface area (Å²) in [5.74, 6) is -1.95. The number of carboxylic acid groups (broad SMARTS) is 1. The summed E-state index contributed by atoms with van der Waals surface area (Å²) in [6.07, 6.45) is 3.17. The molecule has 6 heteroatoms. The van der Waals surface area contributed by atoms with E-state index in [0.29, 0.717) is 28.1 Å². The van der Waals surface area contributed by atoms with Crippen LogP contribution in [0.3, 0.4) is 0 Å². The largest absolute Gasteiger partial charge is 0.545 e. The van der Waals surface area contributed by atoms with Crippen LogP contribution in [0.5, 0.6) is 0 Å². The highest BCUT2D eigenvalue weighted by Crippen LogP contribution is 2.64. The minimum Gasteiger partial charge on any atom is -0.545 e. The Morgan fingerprint density at radius 2 is 1.89 bits per heavy atom. The summed E-state index contributed by atoms with van der Waals surface area (Å²) in [5, 5.41) is 15.5. The van der Waals surface area contributed by atoms with Crippen LogP contribution in [-0.2, 0) is 0 Å². The van der Waals surface area contributed by atoms with E-state index in [4.69, 9.17) is 11.6 Å². The average Bonchev–Trinajstić information content (AvgIpc) is 3.24. The number of carbonyl (C=O) groups is 1. The first-order chi connectivity index (χ1) is 12.9. The first-order valence-electron chi connectivity index (χ1n) is 9.20. The van der Waals surface area contributed by atoms with Crippen LogP contribution in [0.25, 0.3) is 0 Å². The molecule has 2 bridgehead atoms. The van der Waals surface area contributed by atoms with Crippen molar-refractivity contribution < 1.29 is 18.7 Å².